The SMILES string of the molecule is CCCc1nc(Cl)c(C)c(NCc2cscc2C)n1. The molecular weight excluding hydrogens is 278 g/mol. The van der Waals surface area contributed by atoms with Gasteiger partial charge < -0.3 is 5.32 Å². The molecule has 0 aromatic carbocycles. The molecule has 2 heterocycles. The van der Waals surface area contributed by atoms with Crippen molar-refractivity contribution in [1.29, 1.82) is 0 Å². The number of nitrogens with one attached hydrogen (secondary N) is 1. The zero-order valence-electron chi connectivity index (χ0n) is 11.5. The summed E-state index contributed by atoms with van der Waals surface area (Å²) in [6.45, 7) is 6.95. The average molecular weight is 296 g/mol. The molecular formula is C14H18ClN3S. The third-order valence-corrected chi connectivity index (χ3v) is 4.29. The first kappa shape index (κ1) is 14.3. The van der Waals surface area contributed by atoms with Crippen LogP contribution >= 0.6 is 22.9 Å². The lowest BCUT2D eigenvalue weighted by Gasteiger charge is -2.11. The number of aromatic nitrogens is 2. The molecule has 0 saturated heterocycles. The second-order valence-corrected chi connectivity index (χ2v) is 5.69. The molecule has 1 N–H and O–H groups in total. The number of aryl methyl sites for hydroxylation is 2. The summed E-state index contributed by atoms with van der Waals surface area (Å²) in [4.78, 5) is 8.85. The summed E-state index contributed by atoms with van der Waals surface area (Å²) in [5, 5.41) is 8.22. The van der Waals surface area contributed by atoms with E-state index in [4.69, 9.17) is 11.6 Å². The van der Waals surface area contributed by atoms with E-state index in [2.05, 4.69) is 39.9 Å². The van der Waals surface area contributed by atoms with Gasteiger partial charge in [0.1, 0.15) is 16.8 Å². The minimum absolute atomic E-state index is 0.544. The number of hydrogen-bond donors (Lipinski definition) is 1. The Kier molecular flexibility index (Phi) is 4.77. The molecule has 0 unspecified atom stereocenters. The third kappa shape index (κ3) is 3.45. The highest BCUT2D eigenvalue weighted by molar-refractivity contribution is 7.08. The van der Waals surface area contributed by atoms with Gasteiger partial charge in [0.05, 0.1) is 0 Å². The Morgan fingerprint density at radius 2 is 2.05 bits per heavy atom. The molecule has 0 aliphatic carbocycles. The molecule has 19 heavy (non-hydrogen) atoms. The van der Waals surface area contributed by atoms with Crippen LogP contribution in [0.25, 0.3) is 0 Å². The topological polar surface area (TPSA) is 37.8 Å². The fourth-order valence-corrected chi connectivity index (χ4v) is 2.83. The van der Waals surface area contributed by atoms with Crippen molar-refractivity contribution in [2.45, 2.75) is 40.2 Å². The smallest absolute Gasteiger partial charge is 0.137 e. The molecule has 0 aliphatic rings. The summed E-state index contributed by atoms with van der Waals surface area (Å²) in [5.74, 6) is 1.65. The highest BCUT2D eigenvalue weighted by Crippen LogP contribution is 2.22. The largest absolute Gasteiger partial charge is 0.366 e. The van der Waals surface area contributed by atoms with Gasteiger partial charge in [-0.1, -0.05) is 18.5 Å². The Morgan fingerprint density at radius 1 is 1.26 bits per heavy atom. The second kappa shape index (κ2) is 6.35. The van der Waals surface area contributed by atoms with E-state index in [1.807, 2.05) is 6.92 Å². The van der Waals surface area contributed by atoms with Crippen LogP contribution in [0.3, 0.4) is 0 Å². The van der Waals surface area contributed by atoms with Crippen molar-refractivity contribution in [2.24, 2.45) is 0 Å². The molecule has 2 rings (SSSR count). The van der Waals surface area contributed by atoms with Crippen molar-refractivity contribution in [3.63, 3.8) is 0 Å². The van der Waals surface area contributed by atoms with Gasteiger partial charge in [-0.3, -0.25) is 0 Å². The Morgan fingerprint density at radius 3 is 2.68 bits per heavy atom. The molecule has 0 radical (unpaired) electrons. The monoisotopic (exact) mass is 295 g/mol. The maximum absolute atomic E-state index is 6.16. The second-order valence-electron chi connectivity index (χ2n) is 4.59. The van der Waals surface area contributed by atoms with Gasteiger partial charge in [-0.15, -0.1) is 0 Å². The van der Waals surface area contributed by atoms with E-state index >= 15 is 0 Å². The van der Waals surface area contributed by atoms with Crippen molar-refractivity contribution in [1.82, 2.24) is 9.97 Å². The fraction of sp³-hybridized carbons (Fsp3) is 0.429. The number of thiophene rings is 1. The van der Waals surface area contributed by atoms with Crippen molar-refractivity contribution in [3.05, 3.63) is 38.4 Å². The molecule has 0 saturated carbocycles. The van der Waals surface area contributed by atoms with Gasteiger partial charge in [0.15, 0.2) is 0 Å². The first-order valence-electron chi connectivity index (χ1n) is 6.40. The van der Waals surface area contributed by atoms with Crippen LogP contribution in [0.15, 0.2) is 10.8 Å². The standard InChI is InChI=1S/C14H18ClN3S/c1-4-5-12-17-13(15)10(3)14(18-12)16-6-11-8-19-7-9(11)2/h7-8H,4-6H2,1-3H3,(H,16,17,18). The molecule has 0 spiro atoms. The van der Waals surface area contributed by atoms with Gasteiger partial charge >= 0.3 is 0 Å². The molecule has 102 valence electrons. The molecule has 3 nitrogen and oxygen atoms in total. The normalized spacial score (nSPS) is 10.7. The number of anilines is 1. The lowest BCUT2D eigenvalue weighted by molar-refractivity contribution is 0.830. The number of hydrogen-bond acceptors (Lipinski definition) is 4. The molecule has 0 atom stereocenters. The zero-order chi connectivity index (χ0) is 13.8. The van der Waals surface area contributed by atoms with E-state index in [-0.39, 0.29) is 0 Å². The van der Waals surface area contributed by atoms with Crippen LogP contribution < -0.4 is 5.32 Å². The van der Waals surface area contributed by atoms with Crippen molar-refractivity contribution >= 4 is 28.8 Å². The van der Waals surface area contributed by atoms with Gasteiger partial charge in [0, 0.05) is 18.5 Å². The lowest BCUT2D eigenvalue weighted by Crippen LogP contribution is -2.07. The molecule has 0 fully saturated rings. The summed E-state index contributed by atoms with van der Waals surface area (Å²) >= 11 is 7.88. The van der Waals surface area contributed by atoms with Gasteiger partial charge in [0.2, 0.25) is 0 Å². The minimum Gasteiger partial charge on any atom is -0.366 e. The Balaban J connectivity index is 2.17. The molecule has 0 bridgehead atoms. The Bertz CT molecular complexity index is 566. The van der Waals surface area contributed by atoms with E-state index in [1.54, 1.807) is 11.3 Å². The van der Waals surface area contributed by atoms with Crippen molar-refractivity contribution < 1.29 is 0 Å². The van der Waals surface area contributed by atoms with E-state index < -0.39 is 0 Å². The van der Waals surface area contributed by atoms with Gasteiger partial charge in [-0.2, -0.15) is 11.3 Å². The molecule has 5 heteroatoms. The first-order valence-corrected chi connectivity index (χ1v) is 7.72. The number of halogens is 1. The fourth-order valence-electron chi connectivity index (χ4n) is 1.79. The quantitative estimate of drug-likeness (QED) is 0.832. The highest BCUT2D eigenvalue weighted by Gasteiger charge is 2.09. The van der Waals surface area contributed by atoms with E-state index in [9.17, 15) is 0 Å². The maximum atomic E-state index is 6.16. The first-order chi connectivity index (χ1) is 9.11. The van der Waals surface area contributed by atoms with Gasteiger partial charge in [-0.05, 0) is 42.2 Å². The van der Waals surface area contributed by atoms with Crippen LogP contribution in [0.2, 0.25) is 5.15 Å². The van der Waals surface area contributed by atoms with Crippen LogP contribution in [-0.4, -0.2) is 9.97 Å². The summed E-state index contributed by atoms with van der Waals surface area (Å²) in [6.07, 6.45) is 1.87. The van der Waals surface area contributed by atoms with Gasteiger partial charge in [0.25, 0.3) is 0 Å². The molecule has 2 aromatic heterocycles. The van der Waals surface area contributed by atoms with Crippen molar-refractivity contribution in [3.8, 4) is 0 Å². The third-order valence-electron chi connectivity index (χ3n) is 3.01. The van der Waals surface area contributed by atoms with Gasteiger partial charge in [-0.25, -0.2) is 9.97 Å². The van der Waals surface area contributed by atoms with Crippen LogP contribution in [-0.2, 0) is 13.0 Å². The van der Waals surface area contributed by atoms with Crippen LogP contribution in [0.4, 0.5) is 5.82 Å². The van der Waals surface area contributed by atoms with Crippen LogP contribution in [0.1, 0.15) is 35.9 Å². The highest BCUT2D eigenvalue weighted by atomic mass is 35.5. The Hall–Kier alpha value is -1.13. The minimum atomic E-state index is 0.544. The molecule has 0 aliphatic heterocycles. The van der Waals surface area contributed by atoms with Crippen LogP contribution in [0.5, 0.6) is 0 Å². The van der Waals surface area contributed by atoms with Crippen LogP contribution in [0, 0.1) is 13.8 Å². The lowest BCUT2D eigenvalue weighted by atomic mass is 10.2. The number of rotatable bonds is 5. The average Bonchev–Trinajstić information content (AvgIpc) is 2.78. The predicted molar refractivity (Wildman–Crippen MR) is 82.2 cm³/mol. The van der Waals surface area contributed by atoms with E-state index in [0.29, 0.717) is 5.15 Å². The number of nitrogens with zero attached hydrogens (tertiary/aromatic N) is 2. The van der Waals surface area contributed by atoms with E-state index in [1.165, 1.54) is 11.1 Å². The van der Waals surface area contributed by atoms with E-state index in [0.717, 1.165) is 36.6 Å². The van der Waals surface area contributed by atoms with Crippen molar-refractivity contribution in [2.75, 3.05) is 5.32 Å². The summed E-state index contributed by atoms with van der Waals surface area (Å²) in [5.41, 5.74) is 3.52. The summed E-state index contributed by atoms with van der Waals surface area (Å²) in [6, 6.07) is 0. The zero-order valence-corrected chi connectivity index (χ0v) is 13.0. The Labute approximate surface area is 123 Å². The molecule has 2 aromatic rings. The molecule has 0 amide bonds. The summed E-state index contributed by atoms with van der Waals surface area (Å²) < 4.78 is 0. The predicted octanol–water partition coefficient (Wildman–Crippen LogP) is 4.37. The summed E-state index contributed by atoms with van der Waals surface area (Å²) in [7, 11) is 0. The maximum Gasteiger partial charge on any atom is 0.137 e.